The Morgan fingerprint density at radius 2 is 1.55 bits per heavy atom. The third-order valence-electron chi connectivity index (χ3n) is 2.16. The van der Waals surface area contributed by atoms with Crippen LogP contribution >= 0.6 is 0 Å². The predicted molar refractivity (Wildman–Crippen MR) is 57.6 cm³/mol. The number of alkyl halides is 8. The molecule has 0 heterocycles. The first-order chi connectivity index (χ1) is 9.86. The predicted octanol–water partition coefficient (Wildman–Crippen LogP) is 4.14. The number of halogens is 8. The Kier molecular flexibility index (Phi) is 4.79. The molecular formula is C12H6F8O2. The number of benzene rings is 1. The van der Waals surface area contributed by atoms with Crippen molar-refractivity contribution in [1.82, 2.24) is 0 Å². The minimum absolute atomic E-state index is 0.116. The van der Waals surface area contributed by atoms with E-state index in [2.05, 4.69) is 9.47 Å². The summed E-state index contributed by atoms with van der Waals surface area (Å²) in [5.74, 6) is -5.38. The highest BCUT2D eigenvalue weighted by atomic mass is 19.4. The van der Waals surface area contributed by atoms with Gasteiger partial charge >= 0.3 is 18.5 Å². The van der Waals surface area contributed by atoms with E-state index in [0.29, 0.717) is 12.1 Å². The number of rotatable bonds is 4. The van der Waals surface area contributed by atoms with E-state index in [9.17, 15) is 35.1 Å². The lowest BCUT2D eigenvalue weighted by molar-refractivity contribution is -0.291. The fourth-order valence-electron chi connectivity index (χ4n) is 1.17. The number of hydrogen-bond donors (Lipinski definition) is 0. The normalized spacial score (nSPS) is 12.7. The third kappa shape index (κ3) is 4.68. The van der Waals surface area contributed by atoms with Crippen LogP contribution in [0.15, 0.2) is 18.2 Å². The lowest BCUT2D eigenvalue weighted by Crippen LogP contribution is -2.41. The minimum atomic E-state index is -5.91. The SMILES string of the molecule is C#Cc1ccc(OCC(F)(F)C(F)(F)F)c(OC(F)(F)F)c1. The zero-order valence-corrected chi connectivity index (χ0v) is 10.4. The maximum absolute atomic E-state index is 12.7. The quantitative estimate of drug-likeness (QED) is 0.609. The van der Waals surface area contributed by atoms with Crippen molar-refractivity contribution in [3.8, 4) is 23.8 Å². The highest BCUT2D eigenvalue weighted by Gasteiger charge is 2.58. The molecule has 0 aliphatic rings. The van der Waals surface area contributed by atoms with Crippen LogP contribution in [0.2, 0.25) is 0 Å². The van der Waals surface area contributed by atoms with Crippen molar-refractivity contribution in [2.24, 2.45) is 0 Å². The molecule has 0 N–H and O–H groups in total. The van der Waals surface area contributed by atoms with Gasteiger partial charge in [0.25, 0.3) is 0 Å². The van der Waals surface area contributed by atoms with Crippen LogP contribution in [0.25, 0.3) is 0 Å². The van der Waals surface area contributed by atoms with Crippen LogP contribution in [0.1, 0.15) is 5.56 Å². The monoisotopic (exact) mass is 334 g/mol. The molecular weight excluding hydrogens is 328 g/mol. The summed E-state index contributed by atoms with van der Waals surface area (Å²) in [5, 5.41) is 0. The van der Waals surface area contributed by atoms with Gasteiger partial charge in [0.1, 0.15) is 0 Å². The van der Waals surface area contributed by atoms with Gasteiger partial charge in [-0.05, 0) is 12.1 Å². The smallest absolute Gasteiger partial charge is 0.483 e. The van der Waals surface area contributed by atoms with Gasteiger partial charge in [0.05, 0.1) is 0 Å². The third-order valence-corrected chi connectivity index (χ3v) is 2.16. The molecule has 0 aliphatic heterocycles. The van der Waals surface area contributed by atoms with Gasteiger partial charge < -0.3 is 9.47 Å². The molecule has 0 saturated heterocycles. The minimum Gasteiger partial charge on any atom is -0.483 e. The van der Waals surface area contributed by atoms with Crippen molar-refractivity contribution in [2.75, 3.05) is 6.61 Å². The average molecular weight is 334 g/mol. The zero-order valence-electron chi connectivity index (χ0n) is 10.4. The van der Waals surface area contributed by atoms with E-state index < -0.39 is 36.6 Å². The fraction of sp³-hybridized carbons (Fsp3) is 0.333. The fourth-order valence-corrected chi connectivity index (χ4v) is 1.17. The van der Waals surface area contributed by atoms with Gasteiger partial charge in [0, 0.05) is 11.6 Å². The van der Waals surface area contributed by atoms with E-state index >= 15 is 0 Å². The first kappa shape index (κ1) is 17.9. The molecule has 0 aromatic heterocycles. The summed E-state index contributed by atoms with van der Waals surface area (Å²) in [6.07, 6.45) is -6.18. The Morgan fingerprint density at radius 3 is 2.00 bits per heavy atom. The molecule has 22 heavy (non-hydrogen) atoms. The number of ether oxygens (including phenoxy) is 2. The summed E-state index contributed by atoms with van der Waals surface area (Å²) < 4.78 is 105. The van der Waals surface area contributed by atoms with Crippen molar-refractivity contribution >= 4 is 0 Å². The largest absolute Gasteiger partial charge is 0.573 e. The summed E-state index contributed by atoms with van der Waals surface area (Å²) in [7, 11) is 0. The molecule has 0 radical (unpaired) electrons. The van der Waals surface area contributed by atoms with E-state index in [0.717, 1.165) is 6.07 Å². The van der Waals surface area contributed by atoms with Gasteiger partial charge in [0.15, 0.2) is 18.1 Å². The lowest BCUT2D eigenvalue weighted by Gasteiger charge is -2.21. The highest BCUT2D eigenvalue weighted by molar-refractivity contribution is 5.47. The van der Waals surface area contributed by atoms with Gasteiger partial charge in [-0.25, -0.2) is 0 Å². The molecule has 10 heteroatoms. The Morgan fingerprint density at radius 1 is 0.955 bits per heavy atom. The van der Waals surface area contributed by atoms with Crippen LogP contribution in [0.4, 0.5) is 35.1 Å². The van der Waals surface area contributed by atoms with Crippen LogP contribution in [0, 0.1) is 12.3 Å². The van der Waals surface area contributed by atoms with Crippen LogP contribution in [-0.2, 0) is 0 Å². The molecule has 1 aromatic carbocycles. The molecule has 1 aromatic rings. The van der Waals surface area contributed by atoms with E-state index in [1.165, 1.54) is 0 Å². The standard InChI is InChI=1S/C12H6F8O2/c1-2-7-3-4-8(9(5-7)22-12(18,19)20)21-6-10(13,14)11(15,16)17/h1,3-5H,6H2. The Bertz CT molecular complexity index is 568. The number of hydrogen-bond acceptors (Lipinski definition) is 2. The summed E-state index contributed by atoms with van der Waals surface area (Å²) in [6.45, 7) is -2.21. The van der Waals surface area contributed by atoms with Crippen LogP contribution in [0.3, 0.4) is 0 Å². The van der Waals surface area contributed by atoms with Crippen LogP contribution in [0.5, 0.6) is 11.5 Å². The van der Waals surface area contributed by atoms with Gasteiger partial charge in [0.2, 0.25) is 0 Å². The van der Waals surface area contributed by atoms with E-state index in [-0.39, 0.29) is 5.56 Å². The highest BCUT2D eigenvalue weighted by Crippen LogP contribution is 2.38. The molecule has 1 rings (SSSR count). The summed E-state index contributed by atoms with van der Waals surface area (Å²) in [6, 6.07) is 2.31. The first-order valence-electron chi connectivity index (χ1n) is 5.29. The average Bonchev–Trinajstić information content (AvgIpc) is 2.33. The number of terminal acetylenes is 1. The second kappa shape index (κ2) is 5.90. The van der Waals surface area contributed by atoms with Crippen molar-refractivity contribution in [3.63, 3.8) is 0 Å². The molecule has 0 aliphatic carbocycles. The van der Waals surface area contributed by atoms with Crippen molar-refractivity contribution in [2.45, 2.75) is 18.5 Å². The van der Waals surface area contributed by atoms with Gasteiger partial charge in [-0.2, -0.15) is 22.0 Å². The molecule has 122 valence electrons. The summed E-state index contributed by atoms with van der Waals surface area (Å²) >= 11 is 0. The molecule has 0 bridgehead atoms. The second-order valence-electron chi connectivity index (χ2n) is 3.84. The van der Waals surface area contributed by atoms with Gasteiger partial charge in [-0.1, -0.05) is 5.92 Å². The van der Waals surface area contributed by atoms with Crippen LogP contribution < -0.4 is 9.47 Å². The summed E-state index contributed by atoms with van der Waals surface area (Å²) in [5.41, 5.74) is -0.116. The maximum atomic E-state index is 12.7. The Hall–Kier alpha value is -2.18. The van der Waals surface area contributed by atoms with Gasteiger partial charge in [-0.3, -0.25) is 0 Å². The lowest BCUT2D eigenvalue weighted by atomic mass is 10.2. The maximum Gasteiger partial charge on any atom is 0.573 e. The summed E-state index contributed by atoms with van der Waals surface area (Å²) in [4.78, 5) is 0. The van der Waals surface area contributed by atoms with E-state index in [1.807, 2.05) is 5.92 Å². The zero-order chi connectivity index (χ0) is 17.2. The topological polar surface area (TPSA) is 18.5 Å². The molecule has 0 spiro atoms. The van der Waals surface area contributed by atoms with Crippen molar-refractivity contribution < 1.29 is 44.6 Å². The molecule has 0 fully saturated rings. The van der Waals surface area contributed by atoms with Crippen molar-refractivity contribution in [1.29, 1.82) is 0 Å². The second-order valence-corrected chi connectivity index (χ2v) is 3.84. The molecule has 0 saturated carbocycles. The Balaban J connectivity index is 3.02. The van der Waals surface area contributed by atoms with E-state index in [4.69, 9.17) is 6.42 Å². The van der Waals surface area contributed by atoms with Crippen molar-refractivity contribution in [3.05, 3.63) is 23.8 Å². The first-order valence-corrected chi connectivity index (χ1v) is 5.29. The molecule has 0 atom stereocenters. The molecule has 0 unspecified atom stereocenters. The van der Waals surface area contributed by atoms with E-state index in [1.54, 1.807) is 0 Å². The Labute approximate surface area is 118 Å². The van der Waals surface area contributed by atoms with Crippen LogP contribution in [-0.4, -0.2) is 25.1 Å². The molecule has 2 nitrogen and oxygen atoms in total. The molecule has 0 amide bonds. The van der Waals surface area contributed by atoms with Gasteiger partial charge in [-0.15, -0.1) is 19.6 Å².